The summed E-state index contributed by atoms with van der Waals surface area (Å²) < 4.78 is 9.85. The highest BCUT2D eigenvalue weighted by Gasteiger charge is 2.06. The standard InChI is InChI=1S/C3H7O3P.BrH/c1-2-3-7(4,5)6;/h2H,1,3H2,(H2,4,5,6);1H. The van der Waals surface area contributed by atoms with Crippen LogP contribution >= 0.6 is 24.6 Å². The van der Waals surface area contributed by atoms with Crippen molar-refractivity contribution in [2.45, 2.75) is 0 Å². The molecule has 8 heavy (non-hydrogen) atoms. The molecule has 0 rings (SSSR count). The third-order valence-corrected chi connectivity index (χ3v) is 1.10. The van der Waals surface area contributed by atoms with Crippen molar-refractivity contribution in [3.63, 3.8) is 0 Å². The molecule has 2 N–H and O–H groups in total. The lowest BCUT2D eigenvalue weighted by atomic mass is 10.8. The SMILES string of the molecule is Br.C=CCP(=O)(O)O. The molecule has 0 atom stereocenters. The topological polar surface area (TPSA) is 57.5 Å². The molecule has 0 aliphatic carbocycles. The minimum atomic E-state index is -3.78. The molecule has 0 saturated heterocycles. The molecular formula is C3H8BrO3P. The molecule has 0 fully saturated rings. The van der Waals surface area contributed by atoms with Gasteiger partial charge in [-0.1, -0.05) is 6.08 Å². The van der Waals surface area contributed by atoms with Gasteiger partial charge in [-0.3, -0.25) is 4.57 Å². The second-order valence-electron chi connectivity index (χ2n) is 1.14. The summed E-state index contributed by atoms with van der Waals surface area (Å²) in [7, 11) is -3.78. The van der Waals surface area contributed by atoms with Gasteiger partial charge in [0.05, 0.1) is 6.16 Å². The Morgan fingerprint density at radius 1 is 1.62 bits per heavy atom. The molecule has 0 aromatic carbocycles. The van der Waals surface area contributed by atoms with Crippen LogP contribution in [0, 0.1) is 0 Å². The van der Waals surface area contributed by atoms with Gasteiger partial charge in [-0.05, 0) is 0 Å². The first kappa shape index (κ1) is 11.2. The lowest BCUT2D eigenvalue weighted by molar-refractivity contribution is 0.377. The Hall–Kier alpha value is 0.370. The fourth-order valence-electron chi connectivity index (χ4n) is 0.168. The van der Waals surface area contributed by atoms with E-state index >= 15 is 0 Å². The Kier molecular flexibility index (Phi) is 5.98. The van der Waals surface area contributed by atoms with E-state index < -0.39 is 7.60 Å². The van der Waals surface area contributed by atoms with Crippen LogP contribution < -0.4 is 0 Å². The first-order valence-electron chi connectivity index (χ1n) is 1.72. The van der Waals surface area contributed by atoms with Crippen molar-refractivity contribution < 1.29 is 14.4 Å². The van der Waals surface area contributed by atoms with Gasteiger partial charge < -0.3 is 9.79 Å². The lowest BCUT2D eigenvalue weighted by Crippen LogP contribution is -1.78. The van der Waals surface area contributed by atoms with Gasteiger partial charge in [0.1, 0.15) is 0 Å². The number of halogens is 1. The molecule has 0 aliphatic rings. The third kappa shape index (κ3) is 9.62. The number of hydrogen-bond acceptors (Lipinski definition) is 1. The van der Waals surface area contributed by atoms with Crippen molar-refractivity contribution in [1.82, 2.24) is 0 Å². The molecule has 0 unspecified atom stereocenters. The Labute approximate surface area is 58.3 Å². The molecule has 0 bridgehead atoms. The van der Waals surface area contributed by atoms with Crippen LogP contribution in [-0.2, 0) is 4.57 Å². The first-order valence-corrected chi connectivity index (χ1v) is 3.51. The van der Waals surface area contributed by atoms with E-state index in [2.05, 4.69) is 6.58 Å². The number of allylic oxidation sites excluding steroid dienone is 1. The second-order valence-corrected chi connectivity index (χ2v) is 2.83. The summed E-state index contributed by atoms with van der Waals surface area (Å²) in [6.07, 6.45) is 0.966. The quantitative estimate of drug-likeness (QED) is 0.518. The Balaban J connectivity index is 0. The van der Waals surface area contributed by atoms with Gasteiger partial charge in [0, 0.05) is 0 Å². The predicted octanol–water partition coefficient (Wildman–Crippen LogP) is 0.928. The summed E-state index contributed by atoms with van der Waals surface area (Å²) >= 11 is 0. The highest BCUT2D eigenvalue weighted by atomic mass is 79.9. The Morgan fingerprint density at radius 2 is 2.00 bits per heavy atom. The van der Waals surface area contributed by atoms with E-state index in [4.69, 9.17) is 9.79 Å². The molecule has 50 valence electrons. The van der Waals surface area contributed by atoms with E-state index in [1.807, 2.05) is 0 Å². The first-order chi connectivity index (χ1) is 3.06. The highest BCUT2D eigenvalue weighted by Crippen LogP contribution is 2.33. The Morgan fingerprint density at radius 3 is 2.00 bits per heavy atom. The zero-order valence-corrected chi connectivity index (χ0v) is 6.76. The molecule has 5 heteroatoms. The number of hydrogen-bond donors (Lipinski definition) is 2. The molecule has 0 amide bonds. The van der Waals surface area contributed by atoms with Crippen LogP contribution in [0.4, 0.5) is 0 Å². The van der Waals surface area contributed by atoms with E-state index in [0.29, 0.717) is 0 Å². The van der Waals surface area contributed by atoms with Crippen LogP contribution in [0.2, 0.25) is 0 Å². The predicted molar refractivity (Wildman–Crippen MR) is 37.4 cm³/mol. The second kappa shape index (κ2) is 4.27. The maximum atomic E-state index is 9.85. The van der Waals surface area contributed by atoms with E-state index in [1.165, 1.54) is 6.08 Å². The third-order valence-electron chi connectivity index (χ3n) is 0.367. The van der Waals surface area contributed by atoms with Crippen molar-refractivity contribution in [2.24, 2.45) is 0 Å². The van der Waals surface area contributed by atoms with Gasteiger partial charge in [0.25, 0.3) is 0 Å². The Bertz CT molecular complexity index is 107. The minimum absolute atomic E-state index is 0. The summed E-state index contributed by atoms with van der Waals surface area (Å²) in [6, 6.07) is 0. The van der Waals surface area contributed by atoms with E-state index in [9.17, 15) is 4.57 Å². The van der Waals surface area contributed by atoms with Crippen LogP contribution in [0.5, 0.6) is 0 Å². The normalized spacial score (nSPS) is 9.75. The van der Waals surface area contributed by atoms with Gasteiger partial charge in [-0.2, -0.15) is 0 Å². The molecule has 0 saturated carbocycles. The summed E-state index contributed by atoms with van der Waals surface area (Å²) in [6.45, 7) is 3.15. The van der Waals surface area contributed by atoms with E-state index in [0.717, 1.165) is 0 Å². The van der Waals surface area contributed by atoms with Gasteiger partial charge in [0.2, 0.25) is 0 Å². The van der Waals surface area contributed by atoms with Crippen molar-refractivity contribution >= 4 is 24.6 Å². The maximum absolute atomic E-state index is 9.85. The maximum Gasteiger partial charge on any atom is 0.329 e. The number of rotatable bonds is 2. The smallest absolute Gasteiger partial charge is 0.324 e. The van der Waals surface area contributed by atoms with Crippen molar-refractivity contribution in [1.29, 1.82) is 0 Å². The van der Waals surface area contributed by atoms with Crippen molar-refractivity contribution in [3.05, 3.63) is 12.7 Å². The summed E-state index contributed by atoms with van der Waals surface area (Å²) in [4.78, 5) is 16.1. The van der Waals surface area contributed by atoms with Crippen LogP contribution in [0.15, 0.2) is 12.7 Å². The van der Waals surface area contributed by atoms with Crippen LogP contribution in [0.1, 0.15) is 0 Å². The largest absolute Gasteiger partial charge is 0.329 e. The molecule has 0 aromatic rings. The monoisotopic (exact) mass is 202 g/mol. The van der Waals surface area contributed by atoms with Gasteiger partial charge >= 0.3 is 7.60 Å². The van der Waals surface area contributed by atoms with Crippen molar-refractivity contribution in [2.75, 3.05) is 6.16 Å². The fraction of sp³-hybridized carbons (Fsp3) is 0.333. The molecular weight excluding hydrogens is 195 g/mol. The molecule has 0 radical (unpaired) electrons. The molecule has 3 nitrogen and oxygen atoms in total. The van der Waals surface area contributed by atoms with Gasteiger partial charge in [-0.25, -0.2) is 0 Å². The van der Waals surface area contributed by atoms with E-state index in [-0.39, 0.29) is 23.1 Å². The van der Waals surface area contributed by atoms with Gasteiger partial charge in [-0.15, -0.1) is 23.6 Å². The van der Waals surface area contributed by atoms with Gasteiger partial charge in [0.15, 0.2) is 0 Å². The molecule has 0 aliphatic heterocycles. The molecule has 0 aromatic heterocycles. The fourth-order valence-corrected chi connectivity index (χ4v) is 0.505. The zero-order valence-electron chi connectivity index (χ0n) is 4.15. The van der Waals surface area contributed by atoms with Crippen LogP contribution in [-0.4, -0.2) is 15.9 Å². The summed E-state index contributed by atoms with van der Waals surface area (Å²) in [5, 5.41) is 0. The average molecular weight is 203 g/mol. The minimum Gasteiger partial charge on any atom is -0.324 e. The molecule has 0 spiro atoms. The van der Waals surface area contributed by atoms with Crippen LogP contribution in [0.25, 0.3) is 0 Å². The average Bonchev–Trinajstić information content (AvgIpc) is 1.30. The summed E-state index contributed by atoms with van der Waals surface area (Å²) in [5.41, 5.74) is 0. The lowest BCUT2D eigenvalue weighted by Gasteiger charge is -1.94. The van der Waals surface area contributed by atoms with Crippen molar-refractivity contribution in [3.8, 4) is 0 Å². The highest BCUT2D eigenvalue weighted by molar-refractivity contribution is 8.93. The summed E-state index contributed by atoms with van der Waals surface area (Å²) in [5.74, 6) is 0. The van der Waals surface area contributed by atoms with E-state index in [1.54, 1.807) is 0 Å². The van der Waals surface area contributed by atoms with Crippen LogP contribution in [0.3, 0.4) is 0 Å². The molecule has 0 heterocycles. The zero-order chi connectivity index (χ0) is 5.91.